The number of carboxylic acids is 1. The summed E-state index contributed by atoms with van der Waals surface area (Å²) < 4.78 is 5.18. The minimum absolute atomic E-state index is 0.0122. The van der Waals surface area contributed by atoms with Gasteiger partial charge in [-0.05, 0) is 73.7 Å². The Bertz CT molecular complexity index is 1250. The van der Waals surface area contributed by atoms with E-state index in [2.05, 4.69) is 17.6 Å². The van der Waals surface area contributed by atoms with Crippen molar-refractivity contribution in [1.29, 1.82) is 0 Å². The Balaban J connectivity index is 1.33. The highest BCUT2D eigenvalue weighted by Crippen LogP contribution is 2.67. The van der Waals surface area contributed by atoms with Gasteiger partial charge in [-0.2, -0.15) is 0 Å². The summed E-state index contributed by atoms with van der Waals surface area (Å²) in [6.45, 7) is 6.08. The molecular formula is C32H46N2O10. The molecule has 0 unspecified atom stereocenters. The summed E-state index contributed by atoms with van der Waals surface area (Å²) in [7, 11) is 0. The molecule has 0 aromatic heterocycles. The number of aliphatic carboxylic acids is 1. The number of allylic oxidation sites excluding steroid dienone is 1. The van der Waals surface area contributed by atoms with Crippen molar-refractivity contribution in [2.24, 2.45) is 34.5 Å². The molecule has 3 fully saturated rings. The smallest absolute Gasteiger partial charge is 0.322 e. The Labute approximate surface area is 257 Å². The zero-order valence-electron chi connectivity index (χ0n) is 26.0. The van der Waals surface area contributed by atoms with E-state index >= 15 is 0 Å². The number of nitrogens with one attached hydrogen (secondary N) is 2. The summed E-state index contributed by atoms with van der Waals surface area (Å²) >= 11 is 0. The number of hydrogen-bond donors (Lipinski definition) is 5. The number of hydrogen-bond acceptors (Lipinski definition) is 9. The Kier molecular flexibility index (Phi) is 9.75. The summed E-state index contributed by atoms with van der Waals surface area (Å²) in [5.41, 5.74) is -1.88. The Morgan fingerprint density at radius 2 is 1.77 bits per heavy atom. The first kappa shape index (κ1) is 33.8. The maximum Gasteiger partial charge on any atom is 0.322 e. The van der Waals surface area contributed by atoms with Crippen LogP contribution in [0, 0.1) is 34.5 Å². The quantitative estimate of drug-likeness (QED) is 0.211. The molecule has 3 saturated carbocycles. The number of carboxylic acid groups (broad SMARTS) is 1. The lowest BCUT2D eigenvalue weighted by atomic mass is 9.45. The van der Waals surface area contributed by atoms with Gasteiger partial charge in [0.1, 0.15) is 18.2 Å². The number of esters is 1. The second kappa shape index (κ2) is 12.7. The molecule has 2 amide bonds. The minimum Gasteiger partial charge on any atom is -0.480 e. The predicted molar refractivity (Wildman–Crippen MR) is 156 cm³/mol. The van der Waals surface area contributed by atoms with Gasteiger partial charge in [0.05, 0.1) is 12.5 Å². The van der Waals surface area contributed by atoms with E-state index in [1.165, 1.54) is 0 Å². The second-order valence-corrected chi connectivity index (χ2v) is 14.0. The highest BCUT2D eigenvalue weighted by molar-refractivity contribution is 5.93. The van der Waals surface area contributed by atoms with Gasteiger partial charge < -0.3 is 30.7 Å². The number of amides is 2. The topological polar surface area (TPSA) is 196 Å². The van der Waals surface area contributed by atoms with Crippen molar-refractivity contribution < 1.29 is 48.8 Å². The van der Waals surface area contributed by atoms with Gasteiger partial charge in [0.15, 0.2) is 12.4 Å². The van der Waals surface area contributed by atoms with E-state index in [-0.39, 0.29) is 60.6 Å². The lowest BCUT2D eigenvalue weighted by Gasteiger charge is -2.60. The van der Waals surface area contributed by atoms with E-state index < -0.39 is 65.8 Å². The van der Waals surface area contributed by atoms with Crippen molar-refractivity contribution in [2.45, 2.75) is 103 Å². The van der Waals surface area contributed by atoms with E-state index in [0.29, 0.717) is 19.3 Å². The second-order valence-electron chi connectivity index (χ2n) is 14.0. The van der Waals surface area contributed by atoms with Crippen LogP contribution < -0.4 is 10.6 Å². The average Bonchev–Trinajstić information content (AvgIpc) is 3.22. The van der Waals surface area contributed by atoms with E-state index in [1.807, 2.05) is 6.92 Å². The number of rotatable bonds is 11. The molecule has 0 bridgehead atoms. The van der Waals surface area contributed by atoms with Crippen LogP contribution in [0.3, 0.4) is 0 Å². The van der Waals surface area contributed by atoms with Gasteiger partial charge >= 0.3 is 11.9 Å². The third kappa shape index (κ3) is 6.20. The fourth-order valence-electron chi connectivity index (χ4n) is 8.76. The summed E-state index contributed by atoms with van der Waals surface area (Å²) in [6, 6.07) is -0.995. The summed E-state index contributed by atoms with van der Waals surface area (Å²) in [5.74, 6) is -4.15. The van der Waals surface area contributed by atoms with Crippen molar-refractivity contribution in [3.8, 4) is 0 Å². The molecule has 5 N–H and O–H groups in total. The average molecular weight is 619 g/mol. The molecule has 8 atom stereocenters. The monoisotopic (exact) mass is 618 g/mol. The normalized spacial score (nSPS) is 35.0. The number of aliphatic hydroxyl groups is 2. The Hall–Kier alpha value is -3.12. The van der Waals surface area contributed by atoms with Crippen molar-refractivity contribution in [2.75, 3.05) is 13.2 Å². The molecule has 4 rings (SSSR count). The first-order chi connectivity index (χ1) is 20.5. The number of carbonyl (C=O) groups excluding carboxylic acids is 5. The molecule has 44 heavy (non-hydrogen) atoms. The van der Waals surface area contributed by atoms with E-state index in [0.717, 1.165) is 18.4 Å². The summed E-state index contributed by atoms with van der Waals surface area (Å²) in [6.07, 6.45) is 4.01. The summed E-state index contributed by atoms with van der Waals surface area (Å²) in [5, 5.41) is 36.8. The van der Waals surface area contributed by atoms with Gasteiger partial charge in [-0.3, -0.25) is 28.8 Å². The van der Waals surface area contributed by atoms with Gasteiger partial charge in [0.25, 0.3) is 0 Å². The van der Waals surface area contributed by atoms with Crippen molar-refractivity contribution in [3.05, 3.63) is 11.6 Å². The number of ketones is 2. The molecule has 0 spiro atoms. The molecule has 0 aromatic carbocycles. The molecule has 4 aliphatic rings. The molecule has 244 valence electrons. The zero-order chi connectivity index (χ0) is 32.6. The molecule has 0 saturated heterocycles. The van der Waals surface area contributed by atoms with Crippen LogP contribution in [0.2, 0.25) is 0 Å². The minimum atomic E-state index is -1.78. The SMILES string of the molecule is CC(C)[C@H](NC(=O)CCC(=O)OCC(=O)[C@@]1(O)CC[C@@H]2[C@H]3CCC4=CC(=O)CC[C@]4(C)[C@@H]3[C@@H](O)C[C@@]21C)C(=O)NCC(=O)O. The Morgan fingerprint density at radius 3 is 2.43 bits per heavy atom. The number of carbonyl (C=O) groups is 6. The Morgan fingerprint density at radius 1 is 1.07 bits per heavy atom. The fraction of sp³-hybridized carbons (Fsp3) is 0.750. The standard InChI is InChI=1S/C32H46N2O10/c1-17(2)28(29(42)33-15-25(39)40)34-24(38)7-8-26(41)44-16-23(37)32(43)12-10-21-20-6-5-18-13-19(35)9-11-30(18,3)27(20)22(36)14-31(21,32)4/h13,17,20-22,27-28,36,43H,5-12,14-16H2,1-4H3,(H,33,42)(H,34,38)(H,39,40)/t20-,21-,22+,27+,28+,30+,31+,32+/m1/s1. The van der Waals surface area contributed by atoms with Crippen LogP contribution in [-0.2, 0) is 33.5 Å². The van der Waals surface area contributed by atoms with Crippen LogP contribution in [0.4, 0.5) is 0 Å². The van der Waals surface area contributed by atoms with Crippen LogP contribution in [0.5, 0.6) is 0 Å². The van der Waals surface area contributed by atoms with Crippen LogP contribution in [0.15, 0.2) is 11.6 Å². The number of Topliss-reactive ketones (excluding diaryl/α,β-unsaturated/α-hetero) is 1. The van der Waals surface area contributed by atoms with Gasteiger partial charge in [0.2, 0.25) is 17.6 Å². The lowest BCUT2D eigenvalue weighted by Crippen LogP contribution is -2.62. The predicted octanol–water partition coefficient (Wildman–Crippen LogP) is 1.45. The highest BCUT2D eigenvalue weighted by Gasteiger charge is 2.68. The summed E-state index contributed by atoms with van der Waals surface area (Å²) in [4.78, 5) is 73.4. The van der Waals surface area contributed by atoms with Crippen molar-refractivity contribution >= 4 is 35.3 Å². The molecule has 0 heterocycles. The van der Waals surface area contributed by atoms with E-state index in [1.54, 1.807) is 19.9 Å². The molecule has 0 radical (unpaired) electrons. The highest BCUT2D eigenvalue weighted by atomic mass is 16.5. The number of fused-ring (bicyclic) bond motifs is 5. The molecule has 0 aliphatic heterocycles. The molecule has 12 heteroatoms. The third-order valence-corrected chi connectivity index (χ3v) is 11.1. The number of aliphatic hydroxyl groups excluding tert-OH is 1. The maximum absolute atomic E-state index is 13.4. The zero-order valence-corrected chi connectivity index (χ0v) is 26.0. The van der Waals surface area contributed by atoms with Gasteiger partial charge in [-0.25, -0.2) is 0 Å². The fourth-order valence-corrected chi connectivity index (χ4v) is 8.76. The van der Waals surface area contributed by atoms with Crippen LogP contribution in [-0.4, -0.2) is 81.5 Å². The third-order valence-electron chi connectivity index (χ3n) is 11.1. The van der Waals surface area contributed by atoms with Gasteiger partial charge in [-0.1, -0.05) is 33.3 Å². The number of ether oxygens (including phenoxy) is 1. The lowest BCUT2D eigenvalue weighted by molar-refractivity contribution is -0.184. The van der Waals surface area contributed by atoms with Gasteiger partial charge in [-0.15, -0.1) is 0 Å². The molecule has 4 aliphatic carbocycles. The van der Waals surface area contributed by atoms with Crippen molar-refractivity contribution in [3.63, 3.8) is 0 Å². The van der Waals surface area contributed by atoms with Crippen LogP contribution >= 0.6 is 0 Å². The first-order valence-corrected chi connectivity index (χ1v) is 15.7. The maximum atomic E-state index is 13.4. The largest absolute Gasteiger partial charge is 0.480 e. The van der Waals surface area contributed by atoms with E-state index in [9.17, 15) is 39.0 Å². The van der Waals surface area contributed by atoms with Gasteiger partial charge in [0, 0.05) is 18.3 Å². The first-order valence-electron chi connectivity index (χ1n) is 15.7. The molecular weight excluding hydrogens is 572 g/mol. The van der Waals surface area contributed by atoms with E-state index in [4.69, 9.17) is 9.84 Å². The van der Waals surface area contributed by atoms with Crippen molar-refractivity contribution in [1.82, 2.24) is 10.6 Å². The molecule has 12 nitrogen and oxygen atoms in total. The molecule has 0 aromatic rings. The van der Waals surface area contributed by atoms with Crippen LogP contribution in [0.25, 0.3) is 0 Å². The van der Waals surface area contributed by atoms with Crippen LogP contribution in [0.1, 0.15) is 85.5 Å².